The van der Waals surface area contributed by atoms with Crippen LogP contribution < -0.4 is 5.32 Å². The molecule has 0 aliphatic carbocycles. The molecule has 138 valence electrons. The molecular formula is C21H27N3O2. The monoisotopic (exact) mass is 353 g/mol. The Bertz CT molecular complexity index is 688. The number of anilines is 1. The second-order valence-corrected chi connectivity index (χ2v) is 6.77. The van der Waals surface area contributed by atoms with Crippen molar-refractivity contribution >= 4 is 11.7 Å². The van der Waals surface area contributed by atoms with E-state index in [1.54, 1.807) is 6.20 Å². The molecule has 5 nitrogen and oxygen atoms in total. The van der Waals surface area contributed by atoms with Gasteiger partial charge in [-0.25, -0.2) is 4.98 Å². The van der Waals surface area contributed by atoms with E-state index >= 15 is 0 Å². The summed E-state index contributed by atoms with van der Waals surface area (Å²) in [6.45, 7) is 2.42. The fourth-order valence-corrected chi connectivity index (χ4v) is 3.46. The molecule has 1 aliphatic heterocycles. The van der Waals surface area contributed by atoms with Crippen LogP contribution in [0.25, 0.3) is 0 Å². The lowest BCUT2D eigenvalue weighted by atomic mass is 9.92. The summed E-state index contributed by atoms with van der Waals surface area (Å²) in [6, 6.07) is 14.3. The molecule has 0 radical (unpaired) electrons. The lowest BCUT2D eigenvalue weighted by Gasteiger charge is -2.21. The lowest BCUT2D eigenvalue weighted by Crippen LogP contribution is -2.32. The Morgan fingerprint density at radius 1 is 1.15 bits per heavy atom. The van der Waals surface area contributed by atoms with Gasteiger partial charge in [0.15, 0.2) is 0 Å². The van der Waals surface area contributed by atoms with Gasteiger partial charge in [-0.3, -0.25) is 4.79 Å². The number of aliphatic hydroxyl groups is 1. The highest BCUT2D eigenvalue weighted by atomic mass is 16.3. The van der Waals surface area contributed by atoms with E-state index < -0.39 is 0 Å². The van der Waals surface area contributed by atoms with Crippen molar-refractivity contribution in [1.29, 1.82) is 0 Å². The zero-order valence-electron chi connectivity index (χ0n) is 15.1. The van der Waals surface area contributed by atoms with Gasteiger partial charge in [-0.15, -0.1) is 0 Å². The Morgan fingerprint density at radius 2 is 2.00 bits per heavy atom. The van der Waals surface area contributed by atoms with Crippen LogP contribution in [0.3, 0.4) is 0 Å². The first kappa shape index (κ1) is 18.4. The quantitative estimate of drug-likeness (QED) is 0.782. The summed E-state index contributed by atoms with van der Waals surface area (Å²) >= 11 is 0. The third kappa shape index (κ3) is 4.82. The van der Waals surface area contributed by atoms with Crippen molar-refractivity contribution in [2.75, 3.05) is 31.6 Å². The average Bonchev–Trinajstić information content (AvgIpc) is 2.95. The molecule has 26 heavy (non-hydrogen) atoms. The number of likely N-dealkylation sites (tertiary alicyclic amines) is 1. The van der Waals surface area contributed by atoms with Crippen molar-refractivity contribution < 1.29 is 9.90 Å². The minimum absolute atomic E-state index is 0.0631. The number of hydrogen-bond acceptors (Lipinski definition) is 4. The molecule has 1 aromatic heterocycles. The summed E-state index contributed by atoms with van der Waals surface area (Å²) in [4.78, 5) is 19.1. The van der Waals surface area contributed by atoms with E-state index in [1.807, 2.05) is 23.1 Å². The predicted molar refractivity (Wildman–Crippen MR) is 103 cm³/mol. The summed E-state index contributed by atoms with van der Waals surface area (Å²) in [5.74, 6) is 1.33. The number of nitrogens with one attached hydrogen (secondary N) is 1. The molecule has 3 rings (SSSR count). The molecule has 1 atom stereocenters. The van der Waals surface area contributed by atoms with Crippen LogP contribution in [0.2, 0.25) is 0 Å². The van der Waals surface area contributed by atoms with Crippen molar-refractivity contribution in [1.82, 2.24) is 9.88 Å². The molecule has 2 heterocycles. The van der Waals surface area contributed by atoms with Gasteiger partial charge < -0.3 is 15.3 Å². The minimum Gasteiger partial charge on any atom is -0.396 e. The van der Waals surface area contributed by atoms with Crippen LogP contribution in [0.1, 0.15) is 47.5 Å². The van der Waals surface area contributed by atoms with E-state index in [4.69, 9.17) is 5.11 Å². The third-order valence-corrected chi connectivity index (χ3v) is 4.94. The van der Waals surface area contributed by atoms with E-state index in [-0.39, 0.29) is 12.5 Å². The zero-order valence-corrected chi connectivity index (χ0v) is 15.1. The number of pyridine rings is 1. The average molecular weight is 353 g/mol. The number of nitrogens with zero attached hydrogens (tertiary/aromatic N) is 2. The molecule has 1 amide bonds. The van der Waals surface area contributed by atoms with Gasteiger partial charge in [0.1, 0.15) is 5.82 Å². The molecule has 2 aromatic rings. The highest BCUT2D eigenvalue weighted by Gasteiger charge is 2.22. The highest BCUT2D eigenvalue weighted by molar-refractivity contribution is 5.94. The van der Waals surface area contributed by atoms with Crippen molar-refractivity contribution in [2.24, 2.45) is 0 Å². The van der Waals surface area contributed by atoms with Crippen LogP contribution in [-0.2, 0) is 0 Å². The van der Waals surface area contributed by atoms with Gasteiger partial charge >= 0.3 is 0 Å². The topological polar surface area (TPSA) is 65.5 Å². The minimum atomic E-state index is 0.0631. The van der Waals surface area contributed by atoms with E-state index in [0.717, 1.165) is 38.2 Å². The number of carbonyl (C=O) groups excluding carboxylic acids is 1. The summed E-state index contributed by atoms with van der Waals surface area (Å²) < 4.78 is 0. The Labute approximate surface area is 155 Å². The number of aromatic nitrogens is 1. The van der Waals surface area contributed by atoms with E-state index in [9.17, 15) is 4.79 Å². The molecular weight excluding hydrogens is 326 g/mol. The predicted octanol–water partition coefficient (Wildman–Crippen LogP) is 3.29. The Balaban J connectivity index is 1.58. The number of rotatable bonds is 6. The SMILES string of the molecule is O=C(c1ccc(NCCCO)nc1)N1CCC[C@@H](c2ccccc2)CC1. The summed E-state index contributed by atoms with van der Waals surface area (Å²) in [7, 11) is 0. The molecule has 1 saturated heterocycles. The first-order valence-electron chi connectivity index (χ1n) is 9.43. The second-order valence-electron chi connectivity index (χ2n) is 6.77. The van der Waals surface area contributed by atoms with Crippen molar-refractivity contribution in [3.63, 3.8) is 0 Å². The Kier molecular flexibility index (Phi) is 6.61. The Morgan fingerprint density at radius 3 is 2.73 bits per heavy atom. The number of amides is 1. The summed E-state index contributed by atoms with van der Waals surface area (Å²) in [6.07, 6.45) is 5.48. The van der Waals surface area contributed by atoms with Crippen LogP contribution in [0.15, 0.2) is 48.7 Å². The number of aliphatic hydroxyl groups excluding tert-OH is 1. The lowest BCUT2D eigenvalue weighted by molar-refractivity contribution is 0.0760. The maximum Gasteiger partial charge on any atom is 0.255 e. The molecule has 1 aromatic carbocycles. The Hall–Kier alpha value is -2.40. The van der Waals surface area contributed by atoms with Gasteiger partial charge in [0, 0.05) is 32.4 Å². The summed E-state index contributed by atoms with van der Waals surface area (Å²) in [5, 5.41) is 11.9. The number of benzene rings is 1. The summed E-state index contributed by atoms with van der Waals surface area (Å²) in [5.41, 5.74) is 2.01. The molecule has 0 spiro atoms. The van der Waals surface area contributed by atoms with E-state index in [0.29, 0.717) is 24.4 Å². The number of hydrogen-bond donors (Lipinski definition) is 2. The van der Waals surface area contributed by atoms with Crippen LogP contribution >= 0.6 is 0 Å². The molecule has 1 fully saturated rings. The largest absolute Gasteiger partial charge is 0.396 e. The van der Waals surface area contributed by atoms with Gasteiger partial charge in [-0.05, 0) is 49.3 Å². The fourth-order valence-electron chi connectivity index (χ4n) is 3.46. The molecule has 0 unspecified atom stereocenters. The first-order chi connectivity index (χ1) is 12.8. The van der Waals surface area contributed by atoms with Gasteiger partial charge in [0.05, 0.1) is 5.56 Å². The first-order valence-corrected chi connectivity index (χ1v) is 9.43. The zero-order chi connectivity index (χ0) is 18.2. The maximum absolute atomic E-state index is 12.8. The fraction of sp³-hybridized carbons (Fsp3) is 0.429. The van der Waals surface area contributed by atoms with Crippen LogP contribution in [0, 0.1) is 0 Å². The van der Waals surface area contributed by atoms with E-state index in [1.165, 1.54) is 5.56 Å². The normalized spacial score (nSPS) is 17.6. The third-order valence-electron chi connectivity index (χ3n) is 4.94. The molecule has 1 aliphatic rings. The van der Waals surface area contributed by atoms with Gasteiger partial charge in [-0.2, -0.15) is 0 Å². The van der Waals surface area contributed by atoms with Crippen LogP contribution in [0.4, 0.5) is 5.82 Å². The molecule has 0 saturated carbocycles. The smallest absolute Gasteiger partial charge is 0.255 e. The molecule has 2 N–H and O–H groups in total. The van der Waals surface area contributed by atoms with Crippen LogP contribution in [0.5, 0.6) is 0 Å². The standard InChI is InChI=1S/C21H27N3O2/c25-15-5-12-22-20-10-9-19(16-23-20)21(26)24-13-4-8-18(11-14-24)17-6-2-1-3-7-17/h1-3,6-7,9-10,16,18,25H,4-5,8,11-15H2,(H,22,23)/t18-/m1/s1. The van der Waals surface area contributed by atoms with Gasteiger partial charge in [-0.1, -0.05) is 30.3 Å². The highest BCUT2D eigenvalue weighted by Crippen LogP contribution is 2.28. The second kappa shape index (κ2) is 9.34. The molecule has 5 heteroatoms. The van der Waals surface area contributed by atoms with Crippen molar-refractivity contribution in [2.45, 2.75) is 31.6 Å². The van der Waals surface area contributed by atoms with E-state index in [2.05, 4.69) is 34.6 Å². The van der Waals surface area contributed by atoms with Crippen molar-refractivity contribution in [3.05, 3.63) is 59.8 Å². The number of carbonyl (C=O) groups is 1. The van der Waals surface area contributed by atoms with Gasteiger partial charge in [0.2, 0.25) is 0 Å². The maximum atomic E-state index is 12.8. The van der Waals surface area contributed by atoms with Gasteiger partial charge in [0.25, 0.3) is 5.91 Å². The molecule has 0 bridgehead atoms. The van der Waals surface area contributed by atoms with Crippen molar-refractivity contribution in [3.8, 4) is 0 Å². The van der Waals surface area contributed by atoms with Crippen LogP contribution in [-0.4, -0.2) is 47.1 Å².